The van der Waals surface area contributed by atoms with Crippen molar-refractivity contribution in [2.75, 3.05) is 13.1 Å². The van der Waals surface area contributed by atoms with Gasteiger partial charge < -0.3 is 4.90 Å². The zero-order chi connectivity index (χ0) is 16.2. The number of aryl methyl sites for hydroxylation is 1. The maximum atomic E-state index is 11.5. The molecule has 0 unspecified atom stereocenters. The molecule has 1 aliphatic heterocycles. The smallest absolute Gasteiger partial charge is 0.219 e. The Morgan fingerprint density at radius 1 is 1.35 bits per heavy atom. The maximum Gasteiger partial charge on any atom is 0.219 e. The number of hydrogen-bond acceptors (Lipinski definition) is 3. The molecule has 2 aromatic heterocycles. The number of carbonyl (C=O) groups excluding carboxylic acids is 1. The van der Waals surface area contributed by atoms with Crippen molar-refractivity contribution in [2.24, 2.45) is 5.92 Å². The lowest BCUT2D eigenvalue weighted by Gasteiger charge is -2.14. The van der Waals surface area contributed by atoms with Crippen LogP contribution in [0, 0.1) is 5.92 Å². The summed E-state index contributed by atoms with van der Waals surface area (Å²) in [5, 5.41) is 4.38. The van der Waals surface area contributed by atoms with Gasteiger partial charge in [0.25, 0.3) is 0 Å². The molecule has 0 spiro atoms. The summed E-state index contributed by atoms with van der Waals surface area (Å²) in [5.41, 5.74) is 3.34. The van der Waals surface area contributed by atoms with E-state index in [0.29, 0.717) is 5.92 Å². The van der Waals surface area contributed by atoms with Gasteiger partial charge in [-0.15, -0.1) is 0 Å². The third-order valence-corrected chi connectivity index (χ3v) is 4.49. The van der Waals surface area contributed by atoms with Gasteiger partial charge >= 0.3 is 0 Å². The summed E-state index contributed by atoms with van der Waals surface area (Å²) in [6.45, 7) is 6.48. The van der Waals surface area contributed by atoms with Crippen LogP contribution in [0.2, 0.25) is 0 Å². The van der Waals surface area contributed by atoms with E-state index in [4.69, 9.17) is 0 Å². The molecule has 2 aromatic rings. The van der Waals surface area contributed by atoms with Crippen LogP contribution in [-0.4, -0.2) is 38.7 Å². The second kappa shape index (κ2) is 6.94. The molecule has 1 aliphatic rings. The highest BCUT2D eigenvalue weighted by molar-refractivity contribution is 5.73. The largest absolute Gasteiger partial charge is 0.343 e. The minimum atomic E-state index is 0.186. The normalized spacial score (nSPS) is 17.7. The number of nitrogens with zero attached hydrogens (tertiary/aromatic N) is 4. The van der Waals surface area contributed by atoms with Crippen LogP contribution in [0.4, 0.5) is 0 Å². The summed E-state index contributed by atoms with van der Waals surface area (Å²) in [6, 6.07) is 6.27. The Morgan fingerprint density at radius 3 is 2.96 bits per heavy atom. The first-order valence-corrected chi connectivity index (χ1v) is 8.40. The van der Waals surface area contributed by atoms with Gasteiger partial charge in [0.2, 0.25) is 5.91 Å². The van der Waals surface area contributed by atoms with Gasteiger partial charge in [0.1, 0.15) is 0 Å². The summed E-state index contributed by atoms with van der Waals surface area (Å²) >= 11 is 0. The van der Waals surface area contributed by atoms with Gasteiger partial charge in [0, 0.05) is 39.0 Å². The van der Waals surface area contributed by atoms with Crippen molar-refractivity contribution in [1.82, 2.24) is 19.7 Å². The van der Waals surface area contributed by atoms with Crippen LogP contribution in [0.1, 0.15) is 32.3 Å². The van der Waals surface area contributed by atoms with Gasteiger partial charge in [-0.05, 0) is 48.9 Å². The lowest BCUT2D eigenvalue weighted by atomic mass is 9.98. The first-order valence-electron chi connectivity index (χ1n) is 8.40. The number of aromatic nitrogens is 3. The number of likely N-dealkylation sites (tertiary alicyclic amines) is 1. The zero-order valence-electron chi connectivity index (χ0n) is 13.9. The van der Waals surface area contributed by atoms with Crippen molar-refractivity contribution in [3.63, 3.8) is 0 Å². The van der Waals surface area contributed by atoms with E-state index in [0.717, 1.165) is 50.3 Å². The Kier molecular flexibility index (Phi) is 4.74. The molecule has 3 heterocycles. The molecule has 0 N–H and O–H groups in total. The highest BCUT2D eigenvalue weighted by atomic mass is 16.2. The Morgan fingerprint density at radius 2 is 2.22 bits per heavy atom. The highest BCUT2D eigenvalue weighted by Crippen LogP contribution is 2.23. The van der Waals surface area contributed by atoms with Crippen molar-refractivity contribution in [3.8, 4) is 11.4 Å². The number of pyridine rings is 1. The van der Waals surface area contributed by atoms with Crippen LogP contribution in [0.15, 0.2) is 30.6 Å². The molecule has 0 radical (unpaired) electrons. The van der Waals surface area contributed by atoms with E-state index in [1.54, 1.807) is 6.92 Å². The monoisotopic (exact) mass is 312 g/mol. The predicted molar refractivity (Wildman–Crippen MR) is 89.8 cm³/mol. The predicted octanol–water partition coefficient (Wildman–Crippen LogP) is 2.77. The molecule has 23 heavy (non-hydrogen) atoms. The molecule has 3 rings (SSSR count). The molecule has 0 aliphatic carbocycles. The van der Waals surface area contributed by atoms with Crippen molar-refractivity contribution >= 4 is 5.91 Å². The fourth-order valence-electron chi connectivity index (χ4n) is 3.30. The zero-order valence-corrected chi connectivity index (χ0v) is 13.9. The molecule has 5 nitrogen and oxygen atoms in total. The molecule has 5 heteroatoms. The van der Waals surface area contributed by atoms with E-state index in [9.17, 15) is 4.79 Å². The third kappa shape index (κ3) is 3.60. The lowest BCUT2D eigenvalue weighted by Crippen LogP contribution is -2.26. The van der Waals surface area contributed by atoms with Gasteiger partial charge in [-0.1, -0.05) is 6.92 Å². The molecule has 1 amide bonds. The topological polar surface area (TPSA) is 51.0 Å². The number of amides is 1. The summed E-state index contributed by atoms with van der Waals surface area (Å²) in [4.78, 5) is 17.9. The van der Waals surface area contributed by atoms with Crippen LogP contribution in [0.5, 0.6) is 0 Å². The fraction of sp³-hybridized carbons (Fsp3) is 0.500. The molecule has 1 atom stereocenters. The molecule has 0 bridgehead atoms. The van der Waals surface area contributed by atoms with Crippen molar-refractivity contribution < 1.29 is 4.79 Å². The molecule has 0 saturated carbocycles. The van der Waals surface area contributed by atoms with Gasteiger partial charge in [-0.3, -0.25) is 14.5 Å². The van der Waals surface area contributed by atoms with Gasteiger partial charge in [-0.25, -0.2) is 0 Å². The Balaban J connectivity index is 1.73. The van der Waals surface area contributed by atoms with Gasteiger partial charge in [0.05, 0.1) is 11.4 Å². The minimum absolute atomic E-state index is 0.186. The van der Waals surface area contributed by atoms with E-state index in [1.165, 1.54) is 5.56 Å². The van der Waals surface area contributed by atoms with Crippen LogP contribution >= 0.6 is 0 Å². The third-order valence-electron chi connectivity index (χ3n) is 4.49. The van der Waals surface area contributed by atoms with Gasteiger partial charge in [-0.2, -0.15) is 5.10 Å². The van der Waals surface area contributed by atoms with E-state index in [-0.39, 0.29) is 5.91 Å². The number of carbonyl (C=O) groups is 1. The van der Waals surface area contributed by atoms with E-state index < -0.39 is 0 Å². The summed E-state index contributed by atoms with van der Waals surface area (Å²) in [6.07, 6.45) is 6.86. The standard InChI is InChI=1S/C18H24N4O/c1-3-9-22-18(5-8-20-22)17-12-15(4-7-19-17)11-16-6-10-21(13-16)14(2)23/h4-5,7-8,12,16H,3,6,9-11,13H2,1-2H3/t16-/m1/s1. The maximum absolute atomic E-state index is 11.5. The van der Waals surface area contributed by atoms with Gasteiger partial charge in [0.15, 0.2) is 0 Å². The number of rotatable bonds is 5. The van der Waals surface area contributed by atoms with Crippen LogP contribution in [-0.2, 0) is 17.8 Å². The van der Waals surface area contributed by atoms with Crippen molar-refractivity contribution in [3.05, 3.63) is 36.2 Å². The second-order valence-electron chi connectivity index (χ2n) is 6.31. The molecular weight excluding hydrogens is 288 g/mol. The molecule has 1 fully saturated rings. The Labute approximate surface area is 137 Å². The SMILES string of the molecule is CCCn1nccc1-c1cc(C[C@H]2CCN(C(C)=O)C2)ccn1. The first-order chi connectivity index (χ1) is 11.2. The van der Waals surface area contributed by atoms with E-state index in [1.807, 2.05) is 28.0 Å². The van der Waals surface area contributed by atoms with Crippen molar-refractivity contribution in [2.45, 2.75) is 39.7 Å². The summed E-state index contributed by atoms with van der Waals surface area (Å²) < 4.78 is 2.01. The Hall–Kier alpha value is -2.17. The molecule has 1 saturated heterocycles. The number of hydrogen-bond donors (Lipinski definition) is 0. The molecule has 0 aromatic carbocycles. The summed E-state index contributed by atoms with van der Waals surface area (Å²) in [5.74, 6) is 0.737. The molecule has 122 valence electrons. The van der Waals surface area contributed by atoms with Crippen LogP contribution in [0.3, 0.4) is 0 Å². The molecular formula is C18H24N4O. The summed E-state index contributed by atoms with van der Waals surface area (Å²) in [7, 11) is 0. The fourth-order valence-corrected chi connectivity index (χ4v) is 3.30. The van der Waals surface area contributed by atoms with Crippen LogP contribution < -0.4 is 0 Å². The van der Waals surface area contributed by atoms with E-state index >= 15 is 0 Å². The quantitative estimate of drug-likeness (QED) is 0.853. The first kappa shape index (κ1) is 15.7. The van der Waals surface area contributed by atoms with E-state index in [2.05, 4.69) is 29.1 Å². The lowest BCUT2D eigenvalue weighted by molar-refractivity contribution is -0.127. The highest BCUT2D eigenvalue weighted by Gasteiger charge is 2.24. The van der Waals surface area contributed by atoms with Crippen LogP contribution in [0.25, 0.3) is 11.4 Å². The second-order valence-corrected chi connectivity index (χ2v) is 6.31. The minimum Gasteiger partial charge on any atom is -0.343 e. The van der Waals surface area contributed by atoms with Crippen molar-refractivity contribution in [1.29, 1.82) is 0 Å². The average Bonchev–Trinajstić information content (AvgIpc) is 3.17. The Bertz CT molecular complexity index is 679. The average molecular weight is 312 g/mol.